The summed E-state index contributed by atoms with van der Waals surface area (Å²) in [7, 11) is 0. The van der Waals surface area contributed by atoms with Crippen molar-refractivity contribution in [3.8, 4) is 0 Å². The third kappa shape index (κ3) is 3.16. The van der Waals surface area contributed by atoms with E-state index in [1.807, 2.05) is 0 Å². The lowest BCUT2D eigenvalue weighted by Gasteiger charge is -2.14. The van der Waals surface area contributed by atoms with Gasteiger partial charge in [0.25, 0.3) is 11.8 Å². The molecule has 2 aromatic rings. The van der Waals surface area contributed by atoms with E-state index in [4.69, 9.17) is 17.3 Å². The molecule has 0 unspecified atom stereocenters. The lowest BCUT2D eigenvalue weighted by atomic mass is 10.0. The molecule has 2 amide bonds. The molecule has 0 saturated carbocycles. The number of rotatable bonds is 4. The molecule has 0 aliphatic carbocycles. The number of carbonyl (C=O) groups is 3. The van der Waals surface area contributed by atoms with E-state index in [-0.39, 0.29) is 5.84 Å². The predicted molar refractivity (Wildman–Crippen MR) is 98.9 cm³/mol. The molecule has 3 rings (SSSR count). The number of nitrogens with zero attached hydrogens (tertiary/aromatic N) is 2. The molecule has 0 bridgehead atoms. The summed E-state index contributed by atoms with van der Waals surface area (Å²) in [5.74, 6) is -4.27. The van der Waals surface area contributed by atoms with Crippen LogP contribution in [-0.4, -0.2) is 23.4 Å². The van der Waals surface area contributed by atoms with E-state index in [1.54, 1.807) is 55.5 Å². The van der Waals surface area contributed by atoms with Gasteiger partial charge < -0.3 is 11.1 Å². The molecule has 3 N–H and O–H groups in total. The van der Waals surface area contributed by atoms with Crippen LogP contribution in [0.25, 0.3) is 0 Å². The molecule has 2 aromatic carbocycles. The molecule has 8 heteroatoms. The maximum absolute atomic E-state index is 12.5. The fourth-order valence-electron chi connectivity index (χ4n) is 2.53. The number of amides is 2. The number of para-hydroxylation sites is 1. The molecule has 0 spiro atoms. The number of benzene rings is 2. The minimum Gasteiger partial charge on any atom is -0.385 e. The van der Waals surface area contributed by atoms with Gasteiger partial charge in [-0.3, -0.25) is 14.4 Å². The van der Waals surface area contributed by atoms with E-state index in [2.05, 4.69) is 10.4 Å². The van der Waals surface area contributed by atoms with Crippen molar-refractivity contribution in [2.75, 3.05) is 10.3 Å². The third-order valence-electron chi connectivity index (χ3n) is 3.97. The number of hydrazone groups is 1. The van der Waals surface area contributed by atoms with Crippen LogP contribution in [-0.2, 0) is 14.4 Å². The molecular formula is C18H15ClN4O3. The fourth-order valence-corrected chi connectivity index (χ4v) is 2.70. The molecule has 1 aliphatic heterocycles. The second-order valence-corrected chi connectivity index (χ2v) is 6.08. The summed E-state index contributed by atoms with van der Waals surface area (Å²) >= 11 is 6.00. The zero-order valence-electron chi connectivity index (χ0n) is 13.8. The standard InChI is InChI=1S/C18H15ClN4O3/c1-10-12(19)8-5-9-13(10)21-17(25)15(24)14-16(20)22-23(18(14)26)11-6-3-2-4-7-11/h2-9,14H,1H3,(H2,20,22)(H,21,25)/t14-/m0/s1. The monoisotopic (exact) mass is 370 g/mol. The van der Waals surface area contributed by atoms with Gasteiger partial charge in [-0.25, -0.2) is 0 Å². The Balaban J connectivity index is 1.79. The van der Waals surface area contributed by atoms with Gasteiger partial charge in [-0.2, -0.15) is 10.1 Å². The Kier molecular flexibility index (Phi) is 4.73. The van der Waals surface area contributed by atoms with Crippen LogP contribution in [0.3, 0.4) is 0 Å². The first-order valence-corrected chi connectivity index (χ1v) is 8.11. The first-order chi connectivity index (χ1) is 12.4. The molecule has 0 saturated heterocycles. The summed E-state index contributed by atoms with van der Waals surface area (Å²) in [4.78, 5) is 37.3. The maximum atomic E-state index is 12.5. The summed E-state index contributed by atoms with van der Waals surface area (Å²) in [6.45, 7) is 1.70. The Morgan fingerprint density at radius 3 is 2.54 bits per heavy atom. The van der Waals surface area contributed by atoms with Gasteiger partial charge in [-0.1, -0.05) is 35.9 Å². The Morgan fingerprint density at radius 2 is 1.85 bits per heavy atom. The number of carbonyl (C=O) groups excluding carboxylic acids is 3. The van der Waals surface area contributed by atoms with Crippen molar-refractivity contribution in [2.45, 2.75) is 6.92 Å². The summed E-state index contributed by atoms with van der Waals surface area (Å²) in [6, 6.07) is 13.4. The van der Waals surface area contributed by atoms with Gasteiger partial charge in [0.15, 0.2) is 5.92 Å². The topological polar surface area (TPSA) is 105 Å². The van der Waals surface area contributed by atoms with Crippen LogP contribution in [0, 0.1) is 12.8 Å². The molecule has 26 heavy (non-hydrogen) atoms. The summed E-state index contributed by atoms with van der Waals surface area (Å²) in [5.41, 5.74) is 7.21. The molecule has 132 valence electrons. The smallest absolute Gasteiger partial charge is 0.293 e. The zero-order chi connectivity index (χ0) is 18.8. The molecule has 0 radical (unpaired) electrons. The zero-order valence-corrected chi connectivity index (χ0v) is 14.5. The largest absolute Gasteiger partial charge is 0.385 e. The average molecular weight is 371 g/mol. The van der Waals surface area contributed by atoms with Crippen molar-refractivity contribution in [1.29, 1.82) is 0 Å². The van der Waals surface area contributed by atoms with E-state index in [0.717, 1.165) is 5.01 Å². The number of halogens is 1. The van der Waals surface area contributed by atoms with Crippen molar-refractivity contribution in [2.24, 2.45) is 16.8 Å². The molecule has 0 fully saturated rings. The van der Waals surface area contributed by atoms with Crippen LogP contribution in [0.5, 0.6) is 0 Å². The van der Waals surface area contributed by atoms with Gasteiger partial charge in [0.2, 0.25) is 5.78 Å². The van der Waals surface area contributed by atoms with Crippen molar-refractivity contribution in [3.63, 3.8) is 0 Å². The predicted octanol–water partition coefficient (Wildman–Crippen LogP) is 2.09. The highest BCUT2D eigenvalue weighted by molar-refractivity contribution is 6.50. The van der Waals surface area contributed by atoms with E-state index in [1.165, 1.54) is 0 Å². The normalized spacial score (nSPS) is 16.4. The highest BCUT2D eigenvalue weighted by Crippen LogP contribution is 2.25. The highest BCUT2D eigenvalue weighted by Gasteiger charge is 2.43. The molecule has 1 atom stereocenters. The van der Waals surface area contributed by atoms with Crippen molar-refractivity contribution < 1.29 is 14.4 Å². The Bertz CT molecular complexity index is 927. The van der Waals surface area contributed by atoms with Crippen molar-refractivity contribution in [1.82, 2.24) is 0 Å². The van der Waals surface area contributed by atoms with Crippen molar-refractivity contribution >= 4 is 46.4 Å². The molecular weight excluding hydrogens is 356 g/mol. The van der Waals surface area contributed by atoms with Gasteiger partial charge in [-0.05, 0) is 36.8 Å². The first kappa shape index (κ1) is 17.6. The lowest BCUT2D eigenvalue weighted by molar-refractivity contribution is -0.138. The fraction of sp³-hybridized carbons (Fsp3) is 0.111. The van der Waals surface area contributed by atoms with Gasteiger partial charge in [0.1, 0.15) is 5.84 Å². The van der Waals surface area contributed by atoms with E-state index < -0.39 is 23.5 Å². The van der Waals surface area contributed by atoms with E-state index in [9.17, 15) is 14.4 Å². The van der Waals surface area contributed by atoms with Crippen LogP contribution in [0.4, 0.5) is 11.4 Å². The number of amidine groups is 1. The number of hydrogen-bond donors (Lipinski definition) is 2. The van der Waals surface area contributed by atoms with Crippen LogP contribution >= 0.6 is 11.6 Å². The van der Waals surface area contributed by atoms with Crippen LogP contribution in [0.2, 0.25) is 5.02 Å². The number of anilines is 2. The molecule has 1 heterocycles. The van der Waals surface area contributed by atoms with Crippen LogP contribution in [0.15, 0.2) is 53.6 Å². The Morgan fingerprint density at radius 1 is 1.15 bits per heavy atom. The average Bonchev–Trinajstić information content (AvgIpc) is 2.93. The van der Waals surface area contributed by atoms with E-state index >= 15 is 0 Å². The number of nitrogens with two attached hydrogens (primary N) is 1. The number of ketones is 1. The molecule has 0 aromatic heterocycles. The highest BCUT2D eigenvalue weighted by atomic mass is 35.5. The van der Waals surface area contributed by atoms with Gasteiger partial charge in [0, 0.05) is 10.7 Å². The lowest BCUT2D eigenvalue weighted by Crippen LogP contribution is -2.41. The van der Waals surface area contributed by atoms with Crippen molar-refractivity contribution in [3.05, 3.63) is 59.1 Å². The molecule has 1 aliphatic rings. The second kappa shape index (κ2) is 6.97. The van der Waals surface area contributed by atoms with Crippen LogP contribution in [0.1, 0.15) is 5.56 Å². The summed E-state index contributed by atoms with van der Waals surface area (Å²) < 4.78 is 0. The third-order valence-corrected chi connectivity index (χ3v) is 4.38. The van der Waals surface area contributed by atoms with Gasteiger partial charge in [0.05, 0.1) is 5.69 Å². The quantitative estimate of drug-likeness (QED) is 0.635. The van der Waals surface area contributed by atoms with Crippen LogP contribution < -0.4 is 16.1 Å². The second-order valence-electron chi connectivity index (χ2n) is 5.67. The maximum Gasteiger partial charge on any atom is 0.293 e. The Labute approximate surface area is 154 Å². The van der Waals surface area contributed by atoms with Gasteiger partial charge >= 0.3 is 0 Å². The summed E-state index contributed by atoms with van der Waals surface area (Å²) in [6.07, 6.45) is 0. The minimum absolute atomic E-state index is 0.221. The SMILES string of the molecule is Cc1c(Cl)cccc1NC(=O)C(=O)[C@@H]1C(=O)N(c2ccccc2)N=C1N. The number of nitrogens with one attached hydrogen (secondary N) is 1. The van der Waals surface area contributed by atoms with Gasteiger partial charge in [-0.15, -0.1) is 0 Å². The Hall–Kier alpha value is -3.19. The number of hydrogen-bond acceptors (Lipinski definition) is 5. The van der Waals surface area contributed by atoms with E-state index in [0.29, 0.717) is 22.0 Å². The first-order valence-electron chi connectivity index (χ1n) is 7.73. The number of Topliss-reactive ketones (excluding diaryl/α,β-unsaturated/α-hetero) is 1. The molecule has 7 nitrogen and oxygen atoms in total. The summed E-state index contributed by atoms with van der Waals surface area (Å²) in [5, 5.41) is 7.86. The minimum atomic E-state index is -1.45.